The summed E-state index contributed by atoms with van der Waals surface area (Å²) in [5.41, 5.74) is 1.70. The number of nitro benzene ring substituents is 1. The fourth-order valence-corrected chi connectivity index (χ4v) is 1.91. The highest BCUT2D eigenvalue weighted by atomic mass is 16.6. The largest absolute Gasteiger partial charge is 0.507 e. The minimum Gasteiger partial charge on any atom is -0.507 e. The van der Waals surface area contributed by atoms with Gasteiger partial charge in [-0.3, -0.25) is 14.9 Å². The Bertz CT molecular complexity index is 726. The van der Waals surface area contributed by atoms with Gasteiger partial charge in [-0.1, -0.05) is 17.7 Å². The standard InChI is InChI=1S/C15H14N2O4/c1-9-3-6-14(18)12(7-9)15(19)16-11-5-4-10(2)13(8-11)17(20)21/h3-8,18H,1-2H3,(H,16,19). The molecule has 0 unspecified atom stereocenters. The van der Waals surface area contributed by atoms with Gasteiger partial charge in [-0.05, 0) is 32.0 Å². The summed E-state index contributed by atoms with van der Waals surface area (Å²) in [6.07, 6.45) is 0. The van der Waals surface area contributed by atoms with Gasteiger partial charge in [0.15, 0.2) is 0 Å². The van der Waals surface area contributed by atoms with Crippen molar-refractivity contribution < 1.29 is 14.8 Å². The van der Waals surface area contributed by atoms with Crippen molar-refractivity contribution in [2.45, 2.75) is 13.8 Å². The lowest BCUT2D eigenvalue weighted by molar-refractivity contribution is -0.385. The molecule has 2 rings (SSSR count). The molecular formula is C15H14N2O4. The molecule has 2 N–H and O–H groups in total. The predicted octanol–water partition coefficient (Wildman–Crippen LogP) is 3.17. The molecule has 0 spiro atoms. The van der Waals surface area contributed by atoms with Crippen LogP contribution >= 0.6 is 0 Å². The van der Waals surface area contributed by atoms with Crippen LogP contribution in [-0.4, -0.2) is 15.9 Å². The van der Waals surface area contributed by atoms with E-state index >= 15 is 0 Å². The van der Waals surface area contributed by atoms with Gasteiger partial charge in [0.25, 0.3) is 11.6 Å². The molecule has 0 aliphatic heterocycles. The molecule has 1 amide bonds. The van der Waals surface area contributed by atoms with Crippen molar-refractivity contribution in [1.82, 2.24) is 0 Å². The number of amides is 1. The second kappa shape index (κ2) is 5.62. The predicted molar refractivity (Wildman–Crippen MR) is 78.6 cm³/mol. The van der Waals surface area contributed by atoms with Crippen LogP contribution < -0.4 is 5.32 Å². The number of benzene rings is 2. The van der Waals surface area contributed by atoms with Crippen LogP contribution in [0, 0.1) is 24.0 Å². The molecule has 21 heavy (non-hydrogen) atoms. The Morgan fingerprint density at radius 2 is 1.90 bits per heavy atom. The summed E-state index contributed by atoms with van der Waals surface area (Å²) in [6.45, 7) is 3.42. The van der Waals surface area contributed by atoms with Crippen molar-refractivity contribution in [2.24, 2.45) is 0 Å². The number of hydrogen-bond donors (Lipinski definition) is 2. The Labute approximate surface area is 121 Å². The first-order valence-electron chi connectivity index (χ1n) is 6.24. The second-order valence-corrected chi connectivity index (χ2v) is 4.73. The fourth-order valence-electron chi connectivity index (χ4n) is 1.91. The van der Waals surface area contributed by atoms with Gasteiger partial charge in [0.05, 0.1) is 10.5 Å². The Morgan fingerprint density at radius 3 is 2.57 bits per heavy atom. The summed E-state index contributed by atoms with van der Waals surface area (Å²) < 4.78 is 0. The van der Waals surface area contributed by atoms with E-state index in [1.807, 2.05) is 0 Å². The molecule has 0 fully saturated rings. The highest BCUT2D eigenvalue weighted by Crippen LogP contribution is 2.24. The van der Waals surface area contributed by atoms with Gasteiger partial charge in [0.1, 0.15) is 5.75 Å². The Hall–Kier alpha value is -2.89. The Kier molecular flexibility index (Phi) is 3.89. The van der Waals surface area contributed by atoms with E-state index in [1.54, 1.807) is 38.1 Å². The Morgan fingerprint density at radius 1 is 1.19 bits per heavy atom. The first kappa shape index (κ1) is 14.5. The zero-order valence-corrected chi connectivity index (χ0v) is 11.6. The van der Waals surface area contributed by atoms with Crippen LogP contribution in [0.2, 0.25) is 0 Å². The van der Waals surface area contributed by atoms with Gasteiger partial charge >= 0.3 is 0 Å². The minimum absolute atomic E-state index is 0.0683. The Balaban J connectivity index is 2.29. The molecule has 2 aromatic rings. The number of phenolic OH excluding ortho intramolecular Hbond substituents is 1. The highest BCUT2D eigenvalue weighted by Gasteiger charge is 2.15. The third kappa shape index (κ3) is 3.17. The third-order valence-electron chi connectivity index (χ3n) is 3.06. The number of anilines is 1. The summed E-state index contributed by atoms with van der Waals surface area (Å²) in [4.78, 5) is 22.5. The van der Waals surface area contributed by atoms with Crippen LogP contribution in [0.25, 0.3) is 0 Å². The van der Waals surface area contributed by atoms with Crippen LogP contribution in [0.3, 0.4) is 0 Å². The maximum absolute atomic E-state index is 12.1. The number of nitro groups is 1. The van der Waals surface area contributed by atoms with Gasteiger partial charge in [0, 0.05) is 17.3 Å². The van der Waals surface area contributed by atoms with Crippen molar-refractivity contribution in [3.8, 4) is 5.75 Å². The summed E-state index contributed by atoms with van der Waals surface area (Å²) in [5.74, 6) is -0.658. The van der Waals surface area contributed by atoms with Gasteiger partial charge in [-0.25, -0.2) is 0 Å². The molecule has 0 aliphatic carbocycles. The second-order valence-electron chi connectivity index (χ2n) is 4.73. The average molecular weight is 286 g/mol. The van der Waals surface area contributed by atoms with Crippen molar-refractivity contribution in [3.63, 3.8) is 0 Å². The third-order valence-corrected chi connectivity index (χ3v) is 3.06. The summed E-state index contributed by atoms with van der Waals surface area (Å²) in [5, 5.41) is 23.1. The van der Waals surface area contributed by atoms with Crippen LogP contribution in [0.4, 0.5) is 11.4 Å². The van der Waals surface area contributed by atoms with E-state index in [1.165, 1.54) is 12.1 Å². The SMILES string of the molecule is Cc1ccc(O)c(C(=O)Nc2ccc(C)c([N+](=O)[O-])c2)c1. The average Bonchev–Trinajstić information content (AvgIpc) is 2.43. The first-order valence-corrected chi connectivity index (χ1v) is 6.24. The van der Waals surface area contributed by atoms with Crippen LogP contribution in [0.1, 0.15) is 21.5 Å². The molecule has 0 heterocycles. The molecule has 0 radical (unpaired) electrons. The van der Waals surface area contributed by atoms with E-state index in [-0.39, 0.29) is 17.0 Å². The maximum atomic E-state index is 12.1. The van der Waals surface area contributed by atoms with Gasteiger partial charge in [0.2, 0.25) is 0 Å². The lowest BCUT2D eigenvalue weighted by Gasteiger charge is -2.08. The number of aromatic hydroxyl groups is 1. The number of carbonyl (C=O) groups is 1. The van der Waals surface area contributed by atoms with E-state index in [2.05, 4.69) is 5.32 Å². The minimum atomic E-state index is -0.519. The number of carbonyl (C=O) groups excluding carboxylic acids is 1. The number of aryl methyl sites for hydroxylation is 2. The van der Waals surface area contributed by atoms with Crippen LogP contribution in [0.15, 0.2) is 36.4 Å². The summed E-state index contributed by atoms with van der Waals surface area (Å²) >= 11 is 0. The van der Waals surface area contributed by atoms with Crippen molar-refractivity contribution in [2.75, 3.05) is 5.32 Å². The molecular weight excluding hydrogens is 272 g/mol. The topological polar surface area (TPSA) is 92.5 Å². The fraction of sp³-hybridized carbons (Fsp3) is 0.133. The van der Waals surface area contributed by atoms with Crippen LogP contribution in [0.5, 0.6) is 5.75 Å². The number of nitrogens with zero attached hydrogens (tertiary/aromatic N) is 1. The monoisotopic (exact) mass is 286 g/mol. The van der Waals surface area contributed by atoms with Crippen molar-refractivity contribution >= 4 is 17.3 Å². The maximum Gasteiger partial charge on any atom is 0.274 e. The lowest BCUT2D eigenvalue weighted by Crippen LogP contribution is -2.12. The molecule has 0 saturated heterocycles. The first-order chi connectivity index (χ1) is 9.88. The number of hydrogen-bond acceptors (Lipinski definition) is 4. The quantitative estimate of drug-likeness (QED) is 0.669. The lowest BCUT2D eigenvalue weighted by atomic mass is 10.1. The molecule has 6 nitrogen and oxygen atoms in total. The molecule has 0 atom stereocenters. The smallest absolute Gasteiger partial charge is 0.274 e. The number of nitrogens with one attached hydrogen (secondary N) is 1. The number of phenols is 1. The highest BCUT2D eigenvalue weighted by molar-refractivity contribution is 6.06. The normalized spacial score (nSPS) is 10.2. The molecule has 0 saturated carbocycles. The van der Waals surface area contributed by atoms with E-state index in [0.717, 1.165) is 5.56 Å². The molecule has 0 aromatic heterocycles. The molecule has 2 aromatic carbocycles. The zero-order valence-electron chi connectivity index (χ0n) is 11.6. The summed E-state index contributed by atoms with van der Waals surface area (Å²) in [6, 6.07) is 9.09. The van der Waals surface area contributed by atoms with Crippen LogP contribution in [-0.2, 0) is 0 Å². The summed E-state index contributed by atoms with van der Waals surface area (Å²) in [7, 11) is 0. The zero-order chi connectivity index (χ0) is 15.6. The van der Waals surface area contributed by atoms with E-state index in [0.29, 0.717) is 11.3 Å². The van der Waals surface area contributed by atoms with Gasteiger partial charge in [-0.2, -0.15) is 0 Å². The van der Waals surface area contributed by atoms with E-state index in [4.69, 9.17) is 0 Å². The van der Waals surface area contributed by atoms with E-state index in [9.17, 15) is 20.0 Å². The molecule has 108 valence electrons. The molecule has 0 bridgehead atoms. The van der Waals surface area contributed by atoms with E-state index < -0.39 is 10.8 Å². The van der Waals surface area contributed by atoms with Crippen molar-refractivity contribution in [1.29, 1.82) is 0 Å². The van der Waals surface area contributed by atoms with Gasteiger partial charge < -0.3 is 10.4 Å². The van der Waals surface area contributed by atoms with Gasteiger partial charge in [-0.15, -0.1) is 0 Å². The molecule has 0 aliphatic rings. The number of rotatable bonds is 3. The van der Waals surface area contributed by atoms with Crippen molar-refractivity contribution in [3.05, 3.63) is 63.2 Å². The molecule has 6 heteroatoms.